The van der Waals surface area contributed by atoms with Crippen LogP contribution < -0.4 is 9.62 Å². The first-order valence-electron chi connectivity index (χ1n) is 8.37. The van der Waals surface area contributed by atoms with Gasteiger partial charge in [-0.25, -0.2) is 13.1 Å². The Morgan fingerprint density at radius 3 is 2.75 bits per heavy atom. The molecule has 2 aromatic rings. The summed E-state index contributed by atoms with van der Waals surface area (Å²) in [5.41, 5.74) is 4.40. The molecule has 0 saturated carbocycles. The minimum Gasteiger partial charge on any atom is -0.371 e. The van der Waals surface area contributed by atoms with E-state index in [0.717, 1.165) is 37.1 Å². The lowest BCUT2D eigenvalue weighted by Crippen LogP contribution is -2.29. The molecule has 3 rings (SSSR count). The second kappa shape index (κ2) is 6.95. The number of fused-ring (bicyclic) bond motifs is 1. The summed E-state index contributed by atoms with van der Waals surface area (Å²) in [7, 11) is -3.44. The number of benzene rings is 2. The fourth-order valence-electron chi connectivity index (χ4n) is 3.19. The highest BCUT2D eigenvalue weighted by molar-refractivity contribution is 7.89. The van der Waals surface area contributed by atoms with E-state index in [4.69, 9.17) is 0 Å². The van der Waals surface area contributed by atoms with Crippen LogP contribution in [-0.4, -0.2) is 28.1 Å². The molecule has 0 fully saturated rings. The third kappa shape index (κ3) is 3.62. The molecule has 0 spiro atoms. The van der Waals surface area contributed by atoms with E-state index in [9.17, 15) is 8.42 Å². The van der Waals surface area contributed by atoms with Crippen LogP contribution in [0.3, 0.4) is 0 Å². The zero-order valence-electron chi connectivity index (χ0n) is 14.2. The van der Waals surface area contributed by atoms with Crippen molar-refractivity contribution < 1.29 is 8.42 Å². The average Bonchev–Trinajstić information content (AvgIpc) is 2.97. The molecular weight excluding hydrogens is 320 g/mol. The molecule has 24 heavy (non-hydrogen) atoms. The normalized spacial score (nSPS) is 14.0. The monoisotopic (exact) mass is 344 g/mol. The first-order chi connectivity index (χ1) is 11.5. The van der Waals surface area contributed by atoms with E-state index in [1.807, 2.05) is 26.0 Å². The number of rotatable bonds is 6. The van der Waals surface area contributed by atoms with Gasteiger partial charge in [-0.15, -0.1) is 0 Å². The van der Waals surface area contributed by atoms with Gasteiger partial charge >= 0.3 is 0 Å². The highest BCUT2D eigenvalue weighted by Crippen LogP contribution is 2.27. The molecule has 1 aliphatic heterocycles. The van der Waals surface area contributed by atoms with Crippen LogP contribution in [0.15, 0.2) is 47.4 Å². The Balaban J connectivity index is 1.56. The van der Waals surface area contributed by atoms with Gasteiger partial charge in [-0.3, -0.25) is 0 Å². The Morgan fingerprint density at radius 2 is 1.92 bits per heavy atom. The standard InChI is InChI=1S/C19H24N2O2S/c1-15-8-9-16(2)19(14-15)24(22,23)20-11-5-12-21-13-10-17-6-3-4-7-18(17)21/h3-4,6-9,14,20H,5,10-13H2,1-2H3. The van der Waals surface area contributed by atoms with E-state index >= 15 is 0 Å². The molecule has 0 bridgehead atoms. The van der Waals surface area contributed by atoms with Crippen LogP contribution in [0.4, 0.5) is 5.69 Å². The van der Waals surface area contributed by atoms with E-state index in [-0.39, 0.29) is 0 Å². The lowest BCUT2D eigenvalue weighted by Gasteiger charge is -2.19. The van der Waals surface area contributed by atoms with Crippen LogP contribution in [0.25, 0.3) is 0 Å². The molecule has 0 aromatic heterocycles. The van der Waals surface area contributed by atoms with Crippen LogP contribution in [0.5, 0.6) is 0 Å². The van der Waals surface area contributed by atoms with Crippen molar-refractivity contribution in [2.45, 2.75) is 31.6 Å². The number of para-hydroxylation sites is 1. The van der Waals surface area contributed by atoms with E-state index in [0.29, 0.717) is 11.4 Å². The second-order valence-corrected chi connectivity index (χ2v) is 8.12. The molecule has 0 unspecified atom stereocenters. The van der Waals surface area contributed by atoms with Gasteiger partial charge in [0.25, 0.3) is 0 Å². The van der Waals surface area contributed by atoms with Gasteiger partial charge in [0.05, 0.1) is 4.90 Å². The summed E-state index contributed by atoms with van der Waals surface area (Å²) >= 11 is 0. The van der Waals surface area contributed by atoms with Gasteiger partial charge in [-0.2, -0.15) is 0 Å². The number of hydrogen-bond acceptors (Lipinski definition) is 3. The number of nitrogens with one attached hydrogen (secondary N) is 1. The van der Waals surface area contributed by atoms with E-state index < -0.39 is 10.0 Å². The maximum atomic E-state index is 12.5. The van der Waals surface area contributed by atoms with Gasteiger partial charge in [-0.05, 0) is 55.5 Å². The topological polar surface area (TPSA) is 49.4 Å². The quantitative estimate of drug-likeness (QED) is 0.820. The van der Waals surface area contributed by atoms with Crippen LogP contribution in [0.2, 0.25) is 0 Å². The van der Waals surface area contributed by atoms with Crippen molar-refractivity contribution in [3.63, 3.8) is 0 Å². The summed E-state index contributed by atoms with van der Waals surface area (Å²) in [4.78, 5) is 2.72. The predicted molar refractivity (Wildman–Crippen MR) is 98.1 cm³/mol. The average molecular weight is 344 g/mol. The first kappa shape index (κ1) is 17.0. The zero-order valence-corrected chi connectivity index (χ0v) is 15.1. The molecule has 0 aliphatic carbocycles. The summed E-state index contributed by atoms with van der Waals surface area (Å²) in [6, 6.07) is 13.9. The molecular formula is C19H24N2O2S. The molecule has 0 atom stereocenters. The highest BCUT2D eigenvalue weighted by atomic mass is 32.2. The Bertz CT molecular complexity index is 831. The van der Waals surface area contributed by atoms with Crippen molar-refractivity contribution in [2.24, 2.45) is 0 Å². The van der Waals surface area contributed by atoms with Crippen LogP contribution in [-0.2, 0) is 16.4 Å². The molecule has 5 heteroatoms. The van der Waals surface area contributed by atoms with Gasteiger partial charge in [-0.1, -0.05) is 30.3 Å². The molecule has 128 valence electrons. The minimum atomic E-state index is -3.44. The molecule has 1 heterocycles. The highest BCUT2D eigenvalue weighted by Gasteiger charge is 2.19. The minimum absolute atomic E-state index is 0.383. The van der Waals surface area contributed by atoms with Gasteiger partial charge in [0.15, 0.2) is 0 Å². The van der Waals surface area contributed by atoms with Crippen LogP contribution in [0, 0.1) is 13.8 Å². The van der Waals surface area contributed by atoms with Gasteiger partial charge in [0, 0.05) is 25.3 Å². The van der Waals surface area contributed by atoms with Gasteiger partial charge in [0.2, 0.25) is 10.0 Å². The first-order valence-corrected chi connectivity index (χ1v) is 9.85. The summed E-state index contributed by atoms with van der Waals surface area (Å²) in [6.07, 6.45) is 1.86. The number of sulfonamides is 1. The van der Waals surface area contributed by atoms with Gasteiger partial charge < -0.3 is 4.90 Å². The SMILES string of the molecule is Cc1ccc(C)c(S(=O)(=O)NCCCN2CCc3ccccc32)c1. The van der Waals surface area contributed by atoms with Crippen molar-refractivity contribution in [2.75, 3.05) is 24.5 Å². The fraction of sp³-hybridized carbons (Fsp3) is 0.368. The summed E-state index contributed by atoms with van der Waals surface area (Å²) in [5.74, 6) is 0. The van der Waals surface area contributed by atoms with Crippen molar-refractivity contribution in [1.29, 1.82) is 0 Å². The van der Waals surface area contributed by atoms with Crippen molar-refractivity contribution in [1.82, 2.24) is 4.72 Å². The Morgan fingerprint density at radius 1 is 1.12 bits per heavy atom. The Hall–Kier alpha value is -1.85. The number of hydrogen-bond donors (Lipinski definition) is 1. The lowest BCUT2D eigenvalue weighted by molar-refractivity contribution is 0.577. The molecule has 0 radical (unpaired) electrons. The van der Waals surface area contributed by atoms with Gasteiger partial charge in [0.1, 0.15) is 0 Å². The van der Waals surface area contributed by atoms with Crippen LogP contribution >= 0.6 is 0 Å². The van der Waals surface area contributed by atoms with Crippen molar-refractivity contribution in [3.05, 3.63) is 59.2 Å². The third-order valence-corrected chi connectivity index (χ3v) is 6.12. The van der Waals surface area contributed by atoms with Crippen molar-refractivity contribution in [3.8, 4) is 0 Å². The van der Waals surface area contributed by atoms with E-state index in [1.165, 1.54) is 11.3 Å². The molecule has 2 aromatic carbocycles. The maximum absolute atomic E-state index is 12.5. The number of aryl methyl sites for hydroxylation is 2. The molecule has 1 aliphatic rings. The predicted octanol–water partition coefficient (Wildman–Crippen LogP) is 3.03. The second-order valence-electron chi connectivity index (χ2n) is 6.39. The Labute approximate surface area is 144 Å². The summed E-state index contributed by atoms with van der Waals surface area (Å²) in [6.45, 7) is 6.07. The van der Waals surface area contributed by atoms with E-state index in [1.54, 1.807) is 6.07 Å². The fourth-order valence-corrected chi connectivity index (χ4v) is 4.59. The Kier molecular flexibility index (Phi) is 4.92. The number of nitrogens with zero attached hydrogens (tertiary/aromatic N) is 1. The largest absolute Gasteiger partial charge is 0.371 e. The maximum Gasteiger partial charge on any atom is 0.240 e. The lowest BCUT2D eigenvalue weighted by atomic mass is 10.2. The summed E-state index contributed by atoms with van der Waals surface area (Å²) < 4.78 is 27.7. The zero-order chi connectivity index (χ0) is 17.2. The van der Waals surface area contributed by atoms with Crippen LogP contribution in [0.1, 0.15) is 23.1 Å². The molecule has 0 amide bonds. The van der Waals surface area contributed by atoms with Crippen molar-refractivity contribution >= 4 is 15.7 Å². The molecule has 0 saturated heterocycles. The third-order valence-electron chi connectivity index (χ3n) is 4.51. The van der Waals surface area contributed by atoms with E-state index in [2.05, 4.69) is 33.9 Å². The smallest absolute Gasteiger partial charge is 0.240 e. The molecule has 4 nitrogen and oxygen atoms in total. The molecule has 1 N–H and O–H groups in total. The number of anilines is 1. The summed E-state index contributed by atoms with van der Waals surface area (Å²) in [5, 5.41) is 0.